The predicted molar refractivity (Wildman–Crippen MR) is 308 cm³/mol. The highest BCUT2D eigenvalue weighted by Crippen LogP contribution is 2.42. The van der Waals surface area contributed by atoms with Gasteiger partial charge in [0.2, 0.25) is 0 Å². The summed E-state index contributed by atoms with van der Waals surface area (Å²) in [7, 11) is -0.567. The maximum atomic E-state index is 9.70. The number of rotatable bonds is 6. The molecule has 0 spiro atoms. The molecule has 25 N–H and O–H groups in total. The highest BCUT2D eigenvalue weighted by molar-refractivity contribution is 14.2. The SMILES string of the molecule is C[C@@H]1[C@H](O)[C@H](O)[C@@H]2[C@H](O)[C@H](O)[C@@H](CO)N21.C[C@@H]1[C@H](O)[C@H](O)[C@@H]2[C@H](O)[C@H](O)[C@@H](CO)N21.C[C@@H]1[C@H](O)[C@H](O)[C@@H]2[C@H](O)[C@H](O)[C@@H](CO)N21.C[C@@H]1[C@H](O)[C@H](O)[C@@H]2[C@H](O)[C@H](O)[C@@H](CO)N21.C[C@@H]1[C@H](O)[C@H](O)[C@@H]2[C@H](O)[C@H](O)[C@@H](CO)N21.S=[S-](=S)S(=S)(=S)I. The molecule has 484 valence electrons. The zero-order chi connectivity index (χ0) is 62.7. The molecule has 0 aromatic heterocycles. The van der Waals surface area contributed by atoms with Gasteiger partial charge in [0.15, 0.2) is 0 Å². The number of aliphatic hydroxyl groups excluding tert-OH is 25. The Kier molecular flexibility index (Phi) is 26.6. The minimum atomic E-state index is -1.45. The van der Waals surface area contributed by atoms with Crippen molar-refractivity contribution in [2.24, 2.45) is 0 Å². The second-order valence-corrected chi connectivity index (χ2v) is 44.4. The Bertz CT molecular complexity index is 1970. The third-order valence-corrected chi connectivity index (χ3v) is 36.7. The zero-order valence-electron chi connectivity index (χ0n) is 45.0. The minimum absolute atomic E-state index is 0.307. The van der Waals surface area contributed by atoms with Crippen LogP contribution < -0.4 is 0 Å². The zero-order valence-corrected chi connectivity index (χ0v) is 52.0. The fourth-order valence-corrected chi connectivity index (χ4v) is 14.1. The van der Waals surface area contributed by atoms with Crippen molar-refractivity contribution < 1.29 is 128 Å². The van der Waals surface area contributed by atoms with Crippen LogP contribution in [0.15, 0.2) is 0 Å². The second-order valence-electron chi connectivity index (χ2n) is 22.6. The maximum Gasteiger partial charge on any atom is 0.0996 e. The summed E-state index contributed by atoms with van der Waals surface area (Å²) < 4.78 is -1.45. The molecular formula is C45H85IN5O25S6-. The lowest BCUT2D eigenvalue weighted by atomic mass is 10.00. The first-order valence-electron chi connectivity index (χ1n) is 26.5. The van der Waals surface area contributed by atoms with Crippen LogP contribution >= 0.6 is 21.2 Å². The third-order valence-electron chi connectivity index (χ3n) is 18.5. The van der Waals surface area contributed by atoms with Crippen LogP contribution in [-0.4, -0.2) is 398 Å². The Morgan fingerprint density at radius 2 is 0.390 bits per heavy atom. The van der Waals surface area contributed by atoms with E-state index in [1.807, 2.05) is 21.2 Å². The van der Waals surface area contributed by atoms with E-state index in [4.69, 9.17) is 47.9 Å². The van der Waals surface area contributed by atoms with Gasteiger partial charge in [-0.1, -0.05) is 25.7 Å². The summed E-state index contributed by atoms with van der Waals surface area (Å²) in [5.74, 6) is 0. The van der Waals surface area contributed by atoms with Gasteiger partial charge in [-0.25, -0.2) is 22.4 Å². The molecule has 0 aliphatic carbocycles. The first-order chi connectivity index (χ1) is 38.0. The van der Waals surface area contributed by atoms with Crippen LogP contribution in [0.5, 0.6) is 0 Å². The van der Waals surface area contributed by atoms with Crippen molar-refractivity contribution in [2.75, 3.05) is 33.0 Å². The van der Waals surface area contributed by atoms with Gasteiger partial charge in [0.1, 0.15) is 0 Å². The molecule has 10 saturated heterocycles. The van der Waals surface area contributed by atoms with Crippen LogP contribution in [-0.2, 0) is 55.1 Å². The summed E-state index contributed by atoms with van der Waals surface area (Å²) in [4.78, 5) is 8.01. The quantitative estimate of drug-likeness (QED) is 0.0508. The molecule has 0 unspecified atom stereocenters. The first-order valence-corrected chi connectivity index (χ1v) is 36.2. The van der Waals surface area contributed by atoms with E-state index < -0.39 is 193 Å². The number of hydrogen-bond donors (Lipinski definition) is 25. The van der Waals surface area contributed by atoms with Gasteiger partial charge in [-0.05, 0) is 55.8 Å². The Morgan fingerprint density at radius 1 is 0.280 bits per heavy atom. The Hall–Kier alpha value is 1.11. The fraction of sp³-hybridized carbons (Fsp3) is 1.00. The van der Waals surface area contributed by atoms with Crippen LogP contribution in [0.2, 0.25) is 0 Å². The van der Waals surface area contributed by atoms with Gasteiger partial charge in [0.05, 0.1) is 216 Å². The number of fused-ring (bicyclic) bond motifs is 5. The average Bonchev–Trinajstić information content (AvgIpc) is 4.06. The summed E-state index contributed by atoms with van der Waals surface area (Å²) in [5, 5.41) is 239. The van der Waals surface area contributed by atoms with Gasteiger partial charge in [-0.3, -0.25) is 31.5 Å². The average molecular weight is 1420 g/mol. The Labute approximate surface area is 505 Å². The second kappa shape index (κ2) is 29.6. The van der Waals surface area contributed by atoms with E-state index in [2.05, 4.69) is 22.4 Å². The number of halogens is 1. The molecular weight excluding hydrogens is 1330 g/mol. The van der Waals surface area contributed by atoms with Crippen molar-refractivity contribution in [3.8, 4) is 0 Å². The monoisotopic (exact) mass is 1410 g/mol. The van der Waals surface area contributed by atoms with E-state index in [0.29, 0.717) is 0 Å². The molecule has 0 aromatic carbocycles. The van der Waals surface area contributed by atoms with E-state index in [1.54, 1.807) is 59.1 Å². The molecule has 10 aliphatic rings. The molecule has 0 radical (unpaired) electrons. The number of nitrogens with zero attached hydrogens (tertiary/aromatic N) is 5. The summed E-state index contributed by atoms with van der Waals surface area (Å²) in [5.41, 5.74) is 0. The van der Waals surface area contributed by atoms with E-state index in [0.717, 1.165) is 0 Å². The fourth-order valence-electron chi connectivity index (χ4n) is 14.1. The molecule has 10 rings (SSSR count). The van der Waals surface area contributed by atoms with Crippen molar-refractivity contribution in [1.82, 2.24) is 24.5 Å². The van der Waals surface area contributed by atoms with E-state index >= 15 is 0 Å². The molecule has 10 heterocycles. The van der Waals surface area contributed by atoms with Crippen molar-refractivity contribution in [3.63, 3.8) is 0 Å². The Balaban J connectivity index is 0.000000183. The Morgan fingerprint density at radius 3 is 0.488 bits per heavy atom. The van der Waals surface area contributed by atoms with Gasteiger partial charge < -0.3 is 128 Å². The standard InChI is InChI=1S/5C9H17NO5.IS6/c5*1-3-6(12)8(14)5-9(15)7(13)4(2-11)10(3)5;1-7(4,5)6(2)3/h5*3-9,11-15H,2H2,1H3;/q;;;;;-1/t5*3-,4-,5-,6+,7-,8-,9+;/m11111./s1. The van der Waals surface area contributed by atoms with Crippen molar-refractivity contribution >= 4 is 76.4 Å². The van der Waals surface area contributed by atoms with Crippen LogP contribution in [0, 0.1) is 0 Å². The molecule has 0 aromatic rings. The van der Waals surface area contributed by atoms with Crippen LogP contribution in [0.25, 0.3) is 0 Å². The molecule has 0 bridgehead atoms. The molecule has 35 atom stereocenters. The summed E-state index contributed by atoms with van der Waals surface area (Å²) >= 11 is 20.9. The molecule has 10 aliphatic heterocycles. The first kappa shape index (κ1) is 73.8. The van der Waals surface area contributed by atoms with Gasteiger partial charge >= 0.3 is 0 Å². The largest absolute Gasteiger partial charge is 0.395 e. The van der Waals surface area contributed by atoms with E-state index in [1.165, 1.54) is 0 Å². The lowest BCUT2D eigenvalue weighted by Crippen LogP contribution is -2.45. The lowest BCUT2D eigenvalue weighted by molar-refractivity contribution is -0.0321. The molecule has 10 fully saturated rings. The number of hydrogen-bond acceptors (Lipinski definition) is 35. The van der Waals surface area contributed by atoms with Crippen molar-refractivity contribution in [1.29, 1.82) is 0 Å². The highest BCUT2D eigenvalue weighted by Gasteiger charge is 2.64. The summed E-state index contributed by atoms with van der Waals surface area (Å²) in [6, 6.07) is -8.46. The van der Waals surface area contributed by atoms with E-state index in [-0.39, 0.29) is 63.2 Å². The van der Waals surface area contributed by atoms with Crippen molar-refractivity contribution in [2.45, 2.75) is 247 Å². The maximum absolute atomic E-state index is 9.70. The highest BCUT2D eigenvalue weighted by atomic mass is 127. The van der Waals surface area contributed by atoms with Gasteiger partial charge in [-0.15, -0.1) is 0 Å². The topological polar surface area (TPSA) is 522 Å². The van der Waals surface area contributed by atoms with Crippen LogP contribution in [0.1, 0.15) is 34.6 Å². The summed E-state index contributed by atoms with van der Waals surface area (Å²) in [6.07, 6.45) is -21.2. The third kappa shape index (κ3) is 13.4. The molecule has 0 amide bonds. The molecule has 37 heteroatoms. The van der Waals surface area contributed by atoms with Crippen molar-refractivity contribution in [3.05, 3.63) is 0 Å². The lowest BCUT2D eigenvalue weighted by Gasteiger charge is -2.27. The summed E-state index contributed by atoms with van der Waals surface area (Å²) in [6.45, 7) is 6.94. The van der Waals surface area contributed by atoms with E-state index in [9.17, 15) is 102 Å². The predicted octanol–water partition coefficient (Wildman–Crippen LogP) is -14.7. The minimum Gasteiger partial charge on any atom is -0.395 e. The molecule has 0 saturated carbocycles. The van der Waals surface area contributed by atoms with Crippen LogP contribution in [0.4, 0.5) is 0 Å². The molecule has 82 heavy (non-hydrogen) atoms. The number of aliphatic hydroxyl groups is 25. The van der Waals surface area contributed by atoms with Gasteiger partial charge in [0.25, 0.3) is 0 Å². The van der Waals surface area contributed by atoms with Gasteiger partial charge in [-0.2, -0.15) is 0 Å². The van der Waals surface area contributed by atoms with Gasteiger partial charge in [0, 0.05) is 30.2 Å². The molecule has 30 nitrogen and oxygen atoms in total. The normalized spacial score (nSPS) is 52.3. The van der Waals surface area contributed by atoms with Crippen LogP contribution in [0.3, 0.4) is 0 Å². The smallest absolute Gasteiger partial charge is 0.0996 e.